The SMILES string of the molecule is COc1ncccc1CNC(=O)CCc1nnc(-c2ccccc2)o1. The second kappa shape index (κ2) is 8.05. The smallest absolute Gasteiger partial charge is 0.247 e. The van der Waals surface area contributed by atoms with Crippen LogP contribution in [0.4, 0.5) is 0 Å². The average molecular weight is 338 g/mol. The highest BCUT2D eigenvalue weighted by atomic mass is 16.5. The van der Waals surface area contributed by atoms with Crippen LogP contribution in [0.15, 0.2) is 53.1 Å². The Morgan fingerprint density at radius 1 is 1.16 bits per heavy atom. The lowest BCUT2D eigenvalue weighted by Crippen LogP contribution is -2.23. The summed E-state index contributed by atoms with van der Waals surface area (Å²) >= 11 is 0. The number of aromatic nitrogens is 3. The van der Waals surface area contributed by atoms with Gasteiger partial charge in [0, 0.05) is 36.7 Å². The third-order valence-electron chi connectivity index (χ3n) is 3.57. The van der Waals surface area contributed by atoms with Crippen molar-refractivity contribution in [1.29, 1.82) is 0 Å². The maximum atomic E-state index is 12.0. The number of methoxy groups -OCH3 is 1. The number of nitrogens with zero attached hydrogens (tertiary/aromatic N) is 3. The molecule has 3 rings (SSSR count). The molecule has 0 fully saturated rings. The second-order valence-electron chi connectivity index (χ2n) is 5.32. The normalized spacial score (nSPS) is 10.4. The van der Waals surface area contributed by atoms with Gasteiger partial charge in [-0.1, -0.05) is 24.3 Å². The van der Waals surface area contributed by atoms with Gasteiger partial charge < -0.3 is 14.5 Å². The van der Waals surface area contributed by atoms with Gasteiger partial charge in [0.05, 0.1) is 7.11 Å². The largest absolute Gasteiger partial charge is 0.481 e. The van der Waals surface area contributed by atoms with Crippen molar-refractivity contribution >= 4 is 5.91 Å². The molecule has 2 heterocycles. The lowest BCUT2D eigenvalue weighted by Gasteiger charge is -2.07. The Kier molecular flexibility index (Phi) is 5.36. The Bertz CT molecular complexity index is 833. The molecule has 1 N–H and O–H groups in total. The van der Waals surface area contributed by atoms with Gasteiger partial charge in [-0.2, -0.15) is 0 Å². The van der Waals surface area contributed by atoms with E-state index in [1.165, 1.54) is 0 Å². The molecule has 0 unspecified atom stereocenters. The molecule has 0 aliphatic carbocycles. The Balaban J connectivity index is 1.50. The number of carbonyl (C=O) groups is 1. The number of ether oxygens (including phenoxy) is 1. The van der Waals surface area contributed by atoms with Crippen molar-refractivity contribution in [3.8, 4) is 17.3 Å². The molecule has 0 aliphatic heterocycles. The highest BCUT2D eigenvalue weighted by Crippen LogP contribution is 2.17. The first-order valence-corrected chi connectivity index (χ1v) is 7.88. The van der Waals surface area contributed by atoms with Crippen LogP contribution < -0.4 is 10.1 Å². The van der Waals surface area contributed by atoms with E-state index in [1.807, 2.05) is 36.4 Å². The molecule has 0 atom stereocenters. The number of benzene rings is 1. The number of carbonyl (C=O) groups excluding carboxylic acids is 1. The summed E-state index contributed by atoms with van der Waals surface area (Å²) in [6.45, 7) is 0.356. The molecule has 1 aromatic carbocycles. The summed E-state index contributed by atoms with van der Waals surface area (Å²) in [5.41, 5.74) is 1.68. The third kappa shape index (κ3) is 4.41. The standard InChI is InChI=1S/C18H18N4O3/c1-24-17-14(8-5-11-19-17)12-20-15(23)9-10-16-21-22-18(25-16)13-6-3-2-4-7-13/h2-8,11H,9-10,12H2,1H3,(H,20,23). The fourth-order valence-electron chi connectivity index (χ4n) is 2.30. The molecule has 3 aromatic rings. The minimum atomic E-state index is -0.106. The molecule has 0 saturated heterocycles. The van der Waals surface area contributed by atoms with E-state index in [2.05, 4.69) is 20.5 Å². The monoisotopic (exact) mass is 338 g/mol. The Hall–Kier alpha value is -3.22. The summed E-state index contributed by atoms with van der Waals surface area (Å²) in [6.07, 6.45) is 2.29. The van der Waals surface area contributed by atoms with E-state index in [1.54, 1.807) is 19.4 Å². The number of aryl methyl sites for hydroxylation is 1. The fraction of sp³-hybridized carbons (Fsp3) is 0.222. The first-order chi connectivity index (χ1) is 12.3. The summed E-state index contributed by atoms with van der Waals surface area (Å²) in [6, 6.07) is 13.2. The number of amides is 1. The summed E-state index contributed by atoms with van der Waals surface area (Å²) in [5.74, 6) is 1.29. The second-order valence-corrected chi connectivity index (χ2v) is 5.32. The van der Waals surface area contributed by atoms with Gasteiger partial charge >= 0.3 is 0 Å². The molecule has 0 saturated carbocycles. The first-order valence-electron chi connectivity index (χ1n) is 7.88. The molecule has 1 amide bonds. The van der Waals surface area contributed by atoms with Crippen molar-refractivity contribution in [2.75, 3.05) is 7.11 Å². The van der Waals surface area contributed by atoms with Crippen molar-refractivity contribution in [3.05, 3.63) is 60.1 Å². The van der Waals surface area contributed by atoms with Crippen molar-refractivity contribution in [1.82, 2.24) is 20.5 Å². The van der Waals surface area contributed by atoms with E-state index in [0.717, 1.165) is 11.1 Å². The molecular weight excluding hydrogens is 320 g/mol. The third-order valence-corrected chi connectivity index (χ3v) is 3.57. The zero-order valence-electron chi connectivity index (χ0n) is 13.8. The number of hydrogen-bond donors (Lipinski definition) is 1. The van der Waals surface area contributed by atoms with E-state index in [-0.39, 0.29) is 12.3 Å². The quantitative estimate of drug-likeness (QED) is 0.711. The van der Waals surface area contributed by atoms with Crippen LogP contribution in [0.3, 0.4) is 0 Å². The zero-order chi connectivity index (χ0) is 17.5. The molecule has 128 valence electrons. The van der Waals surface area contributed by atoms with Crippen LogP contribution in [-0.2, 0) is 17.8 Å². The number of nitrogens with one attached hydrogen (secondary N) is 1. The maximum Gasteiger partial charge on any atom is 0.247 e. The molecule has 7 heteroatoms. The van der Waals surface area contributed by atoms with Gasteiger partial charge in [0.2, 0.25) is 23.6 Å². The van der Waals surface area contributed by atoms with Crippen LogP contribution in [0.2, 0.25) is 0 Å². The highest BCUT2D eigenvalue weighted by molar-refractivity contribution is 5.76. The van der Waals surface area contributed by atoms with Gasteiger partial charge in [0.15, 0.2) is 0 Å². The summed E-state index contributed by atoms with van der Waals surface area (Å²) in [5, 5.41) is 10.8. The van der Waals surface area contributed by atoms with E-state index < -0.39 is 0 Å². The van der Waals surface area contributed by atoms with Crippen LogP contribution in [0.5, 0.6) is 5.88 Å². The fourth-order valence-corrected chi connectivity index (χ4v) is 2.30. The van der Waals surface area contributed by atoms with Crippen LogP contribution in [0.1, 0.15) is 17.9 Å². The van der Waals surface area contributed by atoms with Crippen molar-refractivity contribution in [2.24, 2.45) is 0 Å². The predicted molar refractivity (Wildman–Crippen MR) is 90.7 cm³/mol. The molecule has 25 heavy (non-hydrogen) atoms. The molecule has 7 nitrogen and oxygen atoms in total. The van der Waals surface area contributed by atoms with Crippen LogP contribution in [0, 0.1) is 0 Å². The zero-order valence-corrected chi connectivity index (χ0v) is 13.8. The van der Waals surface area contributed by atoms with Crippen LogP contribution >= 0.6 is 0 Å². The minimum Gasteiger partial charge on any atom is -0.481 e. The highest BCUT2D eigenvalue weighted by Gasteiger charge is 2.11. The van der Waals surface area contributed by atoms with E-state index in [0.29, 0.717) is 30.6 Å². The van der Waals surface area contributed by atoms with E-state index in [4.69, 9.17) is 9.15 Å². The van der Waals surface area contributed by atoms with Gasteiger partial charge in [-0.3, -0.25) is 4.79 Å². The molecule has 2 aromatic heterocycles. The lowest BCUT2D eigenvalue weighted by atomic mass is 10.2. The van der Waals surface area contributed by atoms with Crippen LogP contribution in [-0.4, -0.2) is 28.2 Å². The lowest BCUT2D eigenvalue weighted by molar-refractivity contribution is -0.121. The molecular formula is C18H18N4O3. The van der Waals surface area contributed by atoms with Crippen molar-refractivity contribution in [3.63, 3.8) is 0 Å². The number of hydrogen-bond acceptors (Lipinski definition) is 6. The predicted octanol–water partition coefficient (Wildman–Crippen LogP) is 2.39. The first kappa shape index (κ1) is 16.6. The molecule has 0 radical (unpaired) electrons. The summed E-state index contributed by atoms with van der Waals surface area (Å²) < 4.78 is 10.7. The molecule has 0 spiro atoms. The molecule has 0 bridgehead atoms. The average Bonchev–Trinajstić information content (AvgIpc) is 3.14. The van der Waals surface area contributed by atoms with Gasteiger partial charge in [-0.25, -0.2) is 4.98 Å². The number of pyridine rings is 1. The van der Waals surface area contributed by atoms with Crippen molar-refractivity contribution in [2.45, 2.75) is 19.4 Å². The van der Waals surface area contributed by atoms with Crippen LogP contribution in [0.25, 0.3) is 11.5 Å². The van der Waals surface area contributed by atoms with Gasteiger partial charge in [-0.15, -0.1) is 10.2 Å². The topological polar surface area (TPSA) is 90.1 Å². The van der Waals surface area contributed by atoms with Gasteiger partial charge in [0.25, 0.3) is 0 Å². The number of rotatable bonds is 7. The van der Waals surface area contributed by atoms with Crippen molar-refractivity contribution < 1.29 is 13.9 Å². The summed E-state index contributed by atoms with van der Waals surface area (Å²) in [7, 11) is 1.55. The van der Waals surface area contributed by atoms with E-state index in [9.17, 15) is 4.79 Å². The Morgan fingerprint density at radius 2 is 2.00 bits per heavy atom. The molecule has 0 aliphatic rings. The van der Waals surface area contributed by atoms with E-state index >= 15 is 0 Å². The minimum absolute atomic E-state index is 0.106. The Labute approximate surface area is 145 Å². The van der Waals surface area contributed by atoms with Gasteiger partial charge in [-0.05, 0) is 18.2 Å². The Morgan fingerprint density at radius 3 is 2.80 bits per heavy atom. The van der Waals surface area contributed by atoms with Gasteiger partial charge in [0.1, 0.15) is 0 Å². The maximum absolute atomic E-state index is 12.0. The summed E-state index contributed by atoms with van der Waals surface area (Å²) in [4.78, 5) is 16.1.